The summed E-state index contributed by atoms with van der Waals surface area (Å²) < 4.78 is 5.35. The summed E-state index contributed by atoms with van der Waals surface area (Å²) >= 11 is 0. The van der Waals surface area contributed by atoms with Crippen molar-refractivity contribution >= 4 is 5.96 Å². The molecule has 1 heterocycles. The highest BCUT2D eigenvalue weighted by Crippen LogP contribution is 2.47. The van der Waals surface area contributed by atoms with Gasteiger partial charge in [-0.05, 0) is 24.3 Å². The number of rotatable bonds is 6. The molecule has 0 amide bonds. The monoisotopic (exact) mass is 326 g/mol. The molecule has 1 aromatic carbocycles. The average Bonchev–Trinajstić information content (AvgIpc) is 3.24. The summed E-state index contributed by atoms with van der Waals surface area (Å²) in [5.74, 6) is 1.99. The highest BCUT2D eigenvalue weighted by atomic mass is 16.5. The van der Waals surface area contributed by atoms with Crippen molar-refractivity contribution in [1.82, 2.24) is 15.8 Å². The first-order valence-corrected chi connectivity index (χ1v) is 8.58. The SMILES string of the molecule is CN=C(NCc1cc(C(C)C)no1)NCC1(c2ccccc2)CC1. The predicted octanol–water partition coefficient (Wildman–Crippen LogP) is 3.19. The molecule has 0 unspecified atom stereocenters. The molecular formula is C19H26N4O. The Morgan fingerprint density at radius 3 is 2.58 bits per heavy atom. The zero-order valence-corrected chi connectivity index (χ0v) is 14.7. The van der Waals surface area contributed by atoms with Crippen molar-refractivity contribution < 1.29 is 4.52 Å². The normalized spacial score (nSPS) is 16.2. The summed E-state index contributed by atoms with van der Waals surface area (Å²) in [6.45, 7) is 5.69. The average molecular weight is 326 g/mol. The van der Waals surface area contributed by atoms with Crippen molar-refractivity contribution in [2.24, 2.45) is 4.99 Å². The molecule has 1 aliphatic rings. The molecule has 0 bridgehead atoms. The number of guanidine groups is 1. The van der Waals surface area contributed by atoms with Crippen LogP contribution in [0.3, 0.4) is 0 Å². The second-order valence-electron chi connectivity index (χ2n) is 6.80. The fourth-order valence-electron chi connectivity index (χ4n) is 2.84. The van der Waals surface area contributed by atoms with Crippen molar-refractivity contribution in [2.75, 3.05) is 13.6 Å². The number of nitrogens with one attached hydrogen (secondary N) is 2. The highest BCUT2D eigenvalue weighted by molar-refractivity contribution is 5.79. The molecule has 24 heavy (non-hydrogen) atoms. The van der Waals surface area contributed by atoms with Gasteiger partial charge in [-0.15, -0.1) is 0 Å². The van der Waals surface area contributed by atoms with Crippen LogP contribution in [0.4, 0.5) is 0 Å². The molecule has 2 N–H and O–H groups in total. The minimum atomic E-state index is 0.260. The van der Waals surface area contributed by atoms with Crippen LogP contribution >= 0.6 is 0 Å². The van der Waals surface area contributed by atoms with Crippen LogP contribution in [-0.4, -0.2) is 24.7 Å². The minimum absolute atomic E-state index is 0.260. The van der Waals surface area contributed by atoms with Gasteiger partial charge in [0.1, 0.15) is 0 Å². The van der Waals surface area contributed by atoms with Gasteiger partial charge in [0, 0.05) is 25.1 Å². The molecule has 0 saturated heterocycles. The van der Waals surface area contributed by atoms with Crippen LogP contribution in [0, 0.1) is 0 Å². The van der Waals surface area contributed by atoms with E-state index in [0.717, 1.165) is 24.0 Å². The molecule has 1 aromatic heterocycles. The first-order valence-electron chi connectivity index (χ1n) is 8.58. The van der Waals surface area contributed by atoms with Gasteiger partial charge in [0.25, 0.3) is 0 Å². The maximum atomic E-state index is 5.35. The number of aliphatic imine (C=N–C) groups is 1. The Morgan fingerprint density at radius 2 is 2.00 bits per heavy atom. The van der Waals surface area contributed by atoms with E-state index in [9.17, 15) is 0 Å². The fraction of sp³-hybridized carbons (Fsp3) is 0.474. The third kappa shape index (κ3) is 3.78. The molecule has 5 nitrogen and oxygen atoms in total. The second-order valence-corrected chi connectivity index (χ2v) is 6.80. The molecular weight excluding hydrogens is 300 g/mol. The number of benzene rings is 1. The summed E-state index contributed by atoms with van der Waals surface area (Å²) in [5, 5.41) is 10.8. The lowest BCUT2D eigenvalue weighted by molar-refractivity contribution is 0.372. The maximum absolute atomic E-state index is 5.35. The van der Waals surface area contributed by atoms with E-state index in [1.807, 2.05) is 6.07 Å². The zero-order valence-electron chi connectivity index (χ0n) is 14.7. The lowest BCUT2D eigenvalue weighted by Crippen LogP contribution is -2.40. The van der Waals surface area contributed by atoms with E-state index in [0.29, 0.717) is 12.5 Å². The Labute approximate surface area is 143 Å². The first-order chi connectivity index (χ1) is 11.6. The van der Waals surface area contributed by atoms with Crippen LogP contribution in [0.1, 0.15) is 49.6 Å². The number of nitrogens with zero attached hydrogens (tertiary/aromatic N) is 2. The van der Waals surface area contributed by atoms with E-state index in [2.05, 4.69) is 65.0 Å². The summed E-state index contributed by atoms with van der Waals surface area (Å²) in [5.41, 5.74) is 2.65. The van der Waals surface area contributed by atoms with Crippen LogP contribution in [0.5, 0.6) is 0 Å². The summed E-state index contributed by atoms with van der Waals surface area (Å²) in [4.78, 5) is 4.30. The zero-order chi connectivity index (χ0) is 17.0. The van der Waals surface area contributed by atoms with Gasteiger partial charge in [0.05, 0.1) is 12.2 Å². The molecule has 1 saturated carbocycles. The predicted molar refractivity (Wildman–Crippen MR) is 96.1 cm³/mol. The van der Waals surface area contributed by atoms with Gasteiger partial charge in [0.2, 0.25) is 0 Å². The van der Waals surface area contributed by atoms with Gasteiger partial charge in [-0.25, -0.2) is 0 Å². The Balaban J connectivity index is 1.52. The van der Waals surface area contributed by atoms with Gasteiger partial charge in [-0.3, -0.25) is 4.99 Å². The summed E-state index contributed by atoms with van der Waals surface area (Å²) in [7, 11) is 1.79. The maximum Gasteiger partial charge on any atom is 0.191 e. The molecule has 0 spiro atoms. The molecule has 5 heteroatoms. The van der Waals surface area contributed by atoms with E-state index < -0.39 is 0 Å². The van der Waals surface area contributed by atoms with E-state index in [1.54, 1.807) is 7.05 Å². The second kappa shape index (κ2) is 7.07. The van der Waals surface area contributed by atoms with Gasteiger partial charge in [-0.1, -0.05) is 49.3 Å². The van der Waals surface area contributed by atoms with Gasteiger partial charge >= 0.3 is 0 Å². The van der Waals surface area contributed by atoms with E-state index in [4.69, 9.17) is 4.52 Å². The third-order valence-corrected chi connectivity index (χ3v) is 4.66. The standard InChI is InChI=1S/C19H26N4O/c1-14(2)17-11-16(24-23-17)12-21-18(20-3)22-13-19(9-10-19)15-7-5-4-6-8-15/h4-8,11,14H,9-10,12-13H2,1-3H3,(H2,20,21,22). The third-order valence-electron chi connectivity index (χ3n) is 4.66. The topological polar surface area (TPSA) is 62.5 Å². The van der Waals surface area contributed by atoms with Gasteiger partial charge < -0.3 is 15.2 Å². The first kappa shape index (κ1) is 16.6. The van der Waals surface area contributed by atoms with Gasteiger partial charge in [0.15, 0.2) is 11.7 Å². The van der Waals surface area contributed by atoms with Crippen LogP contribution in [0.25, 0.3) is 0 Å². The number of aromatic nitrogens is 1. The molecule has 0 atom stereocenters. The van der Waals surface area contributed by atoms with Crippen molar-refractivity contribution in [3.05, 3.63) is 53.4 Å². The molecule has 0 radical (unpaired) electrons. The largest absolute Gasteiger partial charge is 0.359 e. The van der Waals surface area contributed by atoms with E-state index >= 15 is 0 Å². The quantitative estimate of drug-likeness (QED) is 0.632. The van der Waals surface area contributed by atoms with Crippen LogP contribution in [-0.2, 0) is 12.0 Å². The van der Waals surface area contributed by atoms with E-state index in [1.165, 1.54) is 18.4 Å². The highest BCUT2D eigenvalue weighted by Gasteiger charge is 2.43. The Bertz CT molecular complexity index is 686. The Morgan fingerprint density at radius 1 is 1.25 bits per heavy atom. The summed E-state index contributed by atoms with van der Waals surface area (Å²) in [6.07, 6.45) is 2.45. The smallest absolute Gasteiger partial charge is 0.191 e. The van der Waals surface area contributed by atoms with E-state index in [-0.39, 0.29) is 5.41 Å². The lowest BCUT2D eigenvalue weighted by atomic mass is 9.96. The van der Waals surface area contributed by atoms with Crippen molar-refractivity contribution in [1.29, 1.82) is 0 Å². The van der Waals surface area contributed by atoms with Crippen molar-refractivity contribution in [3.8, 4) is 0 Å². The lowest BCUT2D eigenvalue weighted by Gasteiger charge is -2.18. The number of hydrogen-bond donors (Lipinski definition) is 2. The Hall–Kier alpha value is -2.30. The Kier molecular flexibility index (Phi) is 4.88. The molecule has 1 fully saturated rings. The summed E-state index contributed by atoms with van der Waals surface area (Å²) in [6, 6.07) is 12.7. The molecule has 2 aromatic rings. The molecule has 1 aliphatic carbocycles. The molecule has 3 rings (SSSR count). The minimum Gasteiger partial charge on any atom is -0.359 e. The van der Waals surface area contributed by atoms with Crippen LogP contribution in [0.15, 0.2) is 45.9 Å². The van der Waals surface area contributed by atoms with Crippen molar-refractivity contribution in [3.63, 3.8) is 0 Å². The van der Waals surface area contributed by atoms with Crippen LogP contribution in [0.2, 0.25) is 0 Å². The van der Waals surface area contributed by atoms with Crippen molar-refractivity contribution in [2.45, 2.75) is 44.6 Å². The fourth-order valence-corrected chi connectivity index (χ4v) is 2.84. The van der Waals surface area contributed by atoms with Crippen LogP contribution < -0.4 is 10.6 Å². The number of hydrogen-bond acceptors (Lipinski definition) is 3. The van der Waals surface area contributed by atoms with Gasteiger partial charge in [-0.2, -0.15) is 0 Å². The molecule has 128 valence electrons. The molecule has 0 aliphatic heterocycles.